The van der Waals surface area contributed by atoms with Gasteiger partial charge < -0.3 is 10.1 Å². The zero-order valence-electron chi connectivity index (χ0n) is 11.8. The number of likely N-dealkylation sites (N-methyl/N-ethyl adjacent to an activating group) is 1. The molecule has 0 spiro atoms. The van der Waals surface area contributed by atoms with Crippen LogP contribution in [0, 0.1) is 6.92 Å². The van der Waals surface area contributed by atoms with E-state index < -0.39 is 0 Å². The smallest absolute Gasteiger partial charge is 0.0626 e. The second-order valence-corrected chi connectivity index (χ2v) is 5.34. The van der Waals surface area contributed by atoms with Gasteiger partial charge in [0.05, 0.1) is 12.7 Å². The maximum atomic E-state index is 6.27. The third-order valence-electron chi connectivity index (χ3n) is 2.80. The Hall–Kier alpha value is -0.570. The van der Waals surface area contributed by atoms with E-state index in [4.69, 9.17) is 16.3 Å². The van der Waals surface area contributed by atoms with E-state index in [0.717, 1.165) is 24.6 Å². The number of aryl methyl sites for hydroxylation is 1. The third kappa shape index (κ3) is 5.38. The lowest BCUT2D eigenvalue weighted by Crippen LogP contribution is -2.36. The van der Waals surface area contributed by atoms with E-state index >= 15 is 0 Å². The van der Waals surface area contributed by atoms with Gasteiger partial charge in [-0.25, -0.2) is 0 Å². The molecule has 1 unspecified atom stereocenters. The van der Waals surface area contributed by atoms with Crippen molar-refractivity contribution < 1.29 is 4.74 Å². The normalized spacial score (nSPS) is 13.0. The molecule has 1 rings (SSSR count). The second-order valence-electron chi connectivity index (χ2n) is 4.94. The maximum Gasteiger partial charge on any atom is 0.0626 e. The molecule has 0 amide bonds. The van der Waals surface area contributed by atoms with Crippen molar-refractivity contribution in [1.82, 2.24) is 5.32 Å². The van der Waals surface area contributed by atoms with Gasteiger partial charge in [0.2, 0.25) is 0 Å². The average Bonchev–Trinajstić information content (AvgIpc) is 2.29. The van der Waals surface area contributed by atoms with E-state index in [0.29, 0.717) is 6.04 Å². The van der Waals surface area contributed by atoms with Gasteiger partial charge in [-0.05, 0) is 50.9 Å². The lowest BCUT2D eigenvalue weighted by atomic mass is 10.0. The predicted molar refractivity (Wildman–Crippen MR) is 78.4 cm³/mol. The quantitative estimate of drug-likeness (QED) is 0.817. The fourth-order valence-corrected chi connectivity index (χ4v) is 2.18. The largest absolute Gasteiger partial charge is 0.377 e. The first-order valence-electron chi connectivity index (χ1n) is 6.63. The van der Waals surface area contributed by atoms with E-state index in [1.807, 2.05) is 6.07 Å². The van der Waals surface area contributed by atoms with Gasteiger partial charge in [-0.1, -0.05) is 30.7 Å². The van der Waals surface area contributed by atoms with Crippen molar-refractivity contribution in [3.05, 3.63) is 34.3 Å². The van der Waals surface area contributed by atoms with E-state index in [1.54, 1.807) is 0 Å². The highest BCUT2D eigenvalue weighted by molar-refractivity contribution is 6.31. The molecule has 0 saturated carbocycles. The Morgan fingerprint density at radius 2 is 2.06 bits per heavy atom. The van der Waals surface area contributed by atoms with Crippen LogP contribution in [-0.2, 0) is 11.2 Å². The van der Waals surface area contributed by atoms with Gasteiger partial charge in [-0.3, -0.25) is 0 Å². The SMILES string of the molecule is CCNC(COC(C)C)Cc1ccc(C)cc1Cl. The van der Waals surface area contributed by atoms with Crippen molar-refractivity contribution >= 4 is 11.6 Å². The van der Waals surface area contributed by atoms with Crippen LogP contribution < -0.4 is 5.32 Å². The predicted octanol–water partition coefficient (Wildman–Crippen LogP) is 3.59. The number of benzene rings is 1. The molecule has 0 aliphatic carbocycles. The van der Waals surface area contributed by atoms with Crippen LogP contribution in [0.1, 0.15) is 31.9 Å². The molecule has 0 saturated heterocycles. The number of rotatable bonds is 7. The minimum atomic E-state index is 0.264. The Kier molecular flexibility index (Phi) is 6.69. The highest BCUT2D eigenvalue weighted by Crippen LogP contribution is 2.19. The third-order valence-corrected chi connectivity index (χ3v) is 3.15. The van der Waals surface area contributed by atoms with Crippen LogP contribution in [0.4, 0.5) is 0 Å². The van der Waals surface area contributed by atoms with Crippen LogP contribution in [0.2, 0.25) is 5.02 Å². The van der Waals surface area contributed by atoms with Crippen LogP contribution in [-0.4, -0.2) is 25.3 Å². The summed E-state index contributed by atoms with van der Waals surface area (Å²) in [6.45, 7) is 9.94. The molecule has 0 aliphatic heterocycles. The van der Waals surface area contributed by atoms with Gasteiger partial charge in [0, 0.05) is 11.1 Å². The summed E-state index contributed by atoms with van der Waals surface area (Å²) in [7, 11) is 0. The minimum Gasteiger partial charge on any atom is -0.377 e. The lowest BCUT2D eigenvalue weighted by Gasteiger charge is -2.20. The first-order chi connectivity index (χ1) is 8.52. The minimum absolute atomic E-state index is 0.264. The Balaban J connectivity index is 2.64. The van der Waals surface area contributed by atoms with Gasteiger partial charge in [0.15, 0.2) is 0 Å². The number of ether oxygens (including phenoxy) is 1. The molecule has 2 nitrogen and oxygen atoms in total. The lowest BCUT2D eigenvalue weighted by molar-refractivity contribution is 0.0616. The van der Waals surface area contributed by atoms with Crippen molar-refractivity contribution in [2.45, 2.75) is 46.3 Å². The number of hydrogen-bond donors (Lipinski definition) is 1. The molecule has 0 heterocycles. The van der Waals surface area contributed by atoms with Gasteiger partial charge >= 0.3 is 0 Å². The second kappa shape index (κ2) is 7.78. The molecule has 18 heavy (non-hydrogen) atoms. The maximum absolute atomic E-state index is 6.27. The van der Waals surface area contributed by atoms with Crippen molar-refractivity contribution in [2.75, 3.05) is 13.2 Å². The van der Waals surface area contributed by atoms with Crippen LogP contribution in [0.25, 0.3) is 0 Å². The zero-order chi connectivity index (χ0) is 13.5. The van der Waals surface area contributed by atoms with Crippen molar-refractivity contribution in [3.63, 3.8) is 0 Å². The Morgan fingerprint density at radius 3 is 2.61 bits per heavy atom. The molecule has 102 valence electrons. The molecule has 0 aliphatic rings. The summed E-state index contributed by atoms with van der Waals surface area (Å²) in [6.07, 6.45) is 1.17. The summed E-state index contributed by atoms with van der Waals surface area (Å²) >= 11 is 6.27. The highest BCUT2D eigenvalue weighted by atomic mass is 35.5. The zero-order valence-corrected chi connectivity index (χ0v) is 12.6. The summed E-state index contributed by atoms with van der Waals surface area (Å²) < 4.78 is 5.69. The first-order valence-corrected chi connectivity index (χ1v) is 7.00. The topological polar surface area (TPSA) is 21.3 Å². The van der Waals surface area contributed by atoms with Crippen LogP contribution >= 0.6 is 11.6 Å². The molecular weight excluding hydrogens is 246 g/mol. The molecule has 1 N–H and O–H groups in total. The number of hydrogen-bond acceptors (Lipinski definition) is 2. The molecule has 1 aromatic rings. The van der Waals surface area contributed by atoms with E-state index in [1.165, 1.54) is 11.1 Å². The molecule has 3 heteroatoms. The van der Waals surface area contributed by atoms with Gasteiger partial charge in [-0.15, -0.1) is 0 Å². The van der Waals surface area contributed by atoms with E-state index in [-0.39, 0.29) is 6.10 Å². The molecule has 0 aromatic heterocycles. The summed E-state index contributed by atoms with van der Waals surface area (Å²) in [5.74, 6) is 0. The van der Waals surface area contributed by atoms with E-state index in [9.17, 15) is 0 Å². The summed E-state index contributed by atoms with van der Waals surface area (Å²) in [4.78, 5) is 0. The molecule has 1 atom stereocenters. The first kappa shape index (κ1) is 15.5. The monoisotopic (exact) mass is 269 g/mol. The highest BCUT2D eigenvalue weighted by Gasteiger charge is 2.11. The van der Waals surface area contributed by atoms with Gasteiger partial charge in [-0.2, -0.15) is 0 Å². The molecular formula is C15H24ClNO. The van der Waals surface area contributed by atoms with Gasteiger partial charge in [0.25, 0.3) is 0 Å². The van der Waals surface area contributed by atoms with Crippen LogP contribution in [0.5, 0.6) is 0 Å². The Labute approximate surface area is 116 Å². The Morgan fingerprint density at radius 1 is 1.33 bits per heavy atom. The van der Waals surface area contributed by atoms with Crippen molar-refractivity contribution in [1.29, 1.82) is 0 Å². The summed E-state index contributed by atoms with van der Waals surface area (Å²) in [5, 5.41) is 4.29. The van der Waals surface area contributed by atoms with Crippen LogP contribution in [0.3, 0.4) is 0 Å². The molecule has 0 fully saturated rings. The molecule has 1 aromatic carbocycles. The molecule has 0 bridgehead atoms. The fraction of sp³-hybridized carbons (Fsp3) is 0.600. The summed E-state index contributed by atoms with van der Waals surface area (Å²) in [6, 6.07) is 6.55. The average molecular weight is 270 g/mol. The standard InChI is InChI=1S/C15H24ClNO/c1-5-17-14(10-18-11(2)3)9-13-7-6-12(4)8-15(13)16/h6-8,11,14,17H,5,9-10H2,1-4H3. The van der Waals surface area contributed by atoms with Crippen LogP contribution in [0.15, 0.2) is 18.2 Å². The summed E-state index contributed by atoms with van der Waals surface area (Å²) in [5.41, 5.74) is 2.38. The number of nitrogens with one attached hydrogen (secondary N) is 1. The van der Waals surface area contributed by atoms with E-state index in [2.05, 4.69) is 45.1 Å². The molecule has 0 radical (unpaired) electrons. The van der Waals surface area contributed by atoms with Crippen molar-refractivity contribution in [3.8, 4) is 0 Å². The Bertz CT molecular complexity index is 366. The van der Waals surface area contributed by atoms with Gasteiger partial charge in [0.1, 0.15) is 0 Å². The fourth-order valence-electron chi connectivity index (χ4n) is 1.87. The van der Waals surface area contributed by atoms with Crippen molar-refractivity contribution in [2.24, 2.45) is 0 Å². The number of halogens is 1.